The number of hydrogen-bond acceptors (Lipinski definition) is 7. The number of rotatable bonds is 14. The molecule has 0 bridgehead atoms. The molecule has 3 rings (SSSR count). The van der Waals surface area contributed by atoms with Crippen molar-refractivity contribution in [3.8, 4) is 6.07 Å². The number of fused-ring (bicyclic) bond motifs is 1. The molecule has 0 aliphatic heterocycles. The predicted octanol–water partition coefficient (Wildman–Crippen LogP) is 7.16. The molecule has 8 heteroatoms. The molecule has 0 aliphatic carbocycles. The molecular weight excluding hydrogens is 538 g/mol. The highest BCUT2D eigenvalue weighted by Crippen LogP contribution is 2.17. The van der Waals surface area contributed by atoms with Gasteiger partial charge in [0.2, 0.25) is 0 Å². The van der Waals surface area contributed by atoms with E-state index < -0.39 is 0 Å². The third-order valence-electron chi connectivity index (χ3n) is 7.10. The number of carbonyl (C=O) groups excluding carboxylic acids is 2. The van der Waals surface area contributed by atoms with Crippen molar-refractivity contribution >= 4 is 28.3 Å². The van der Waals surface area contributed by atoms with Crippen LogP contribution in [0.15, 0.2) is 60.0 Å². The summed E-state index contributed by atoms with van der Waals surface area (Å²) >= 11 is 0. The van der Waals surface area contributed by atoms with Crippen LogP contribution in [-0.2, 0) is 16.1 Å². The van der Waals surface area contributed by atoms with E-state index in [0.29, 0.717) is 18.2 Å². The first-order chi connectivity index (χ1) is 20.6. The molecule has 0 aliphatic rings. The summed E-state index contributed by atoms with van der Waals surface area (Å²) < 4.78 is 1.78. The standard InChI is InChI=1S/C16H22N2O.C15H21N3O.C4H6O/c1-3-12-18(13-4-5-16(19)10-11-17)15-8-6-14(2)7-9-15;1-4-12(5-2)8-9-18-14(19)7-6-13-10-16-11(3)17-15(13)18;1-3-4(2)5/h6-9H,3-5,10,12-13H2,1-2H3;6-7,10,12H,4-5,8-9H2,1-3H3;3H,1H2,2H3. The quantitative estimate of drug-likeness (QED) is 0.184. The number of anilines is 1. The Labute approximate surface area is 257 Å². The fourth-order valence-corrected chi connectivity index (χ4v) is 4.42. The lowest BCUT2D eigenvalue weighted by molar-refractivity contribution is -0.118. The minimum atomic E-state index is 0.0185. The second-order valence-corrected chi connectivity index (χ2v) is 10.6. The molecule has 232 valence electrons. The minimum Gasteiger partial charge on any atom is -0.372 e. The average Bonchev–Trinajstić information content (AvgIpc) is 2.99. The molecule has 0 saturated heterocycles. The molecule has 43 heavy (non-hydrogen) atoms. The molecule has 0 N–H and O–H groups in total. The Balaban J connectivity index is 0.000000372. The van der Waals surface area contributed by atoms with Gasteiger partial charge in [-0.05, 0) is 70.2 Å². The minimum absolute atomic E-state index is 0.0185. The first kappa shape index (κ1) is 36.9. The molecular formula is C35H49N5O3. The molecule has 8 nitrogen and oxygen atoms in total. The van der Waals surface area contributed by atoms with Crippen molar-refractivity contribution in [2.45, 2.75) is 93.0 Å². The molecule has 0 radical (unpaired) electrons. The van der Waals surface area contributed by atoms with E-state index in [1.54, 1.807) is 22.9 Å². The number of pyridine rings is 1. The number of allylic oxidation sites excluding steroid dienone is 1. The highest BCUT2D eigenvalue weighted by atomic mass is 16.1. The Morgan fingerprint density at radius 2 is 1.72 bits per heavy atom. The van der Waals surface area contributed by atoms with Crippen LogP contribution < -0.4 is 10.5 Å². The van der Waals surface area contributed by atoms with Gasteiger partial charge in [-0.15, -0.1) is 0 Å². The van der Waals surface area contributed by atoms with Gasteiger partial charge in [-0.2, -0.15) is 5.26 Å². The lowest BCUT2D eigenvalue weighted by Gasteiger charge is -2.24. The van der Waals surface area contributed by atoms with Gasteiger partial charge >= 0.3 is 0 Å². The highest BCUT2D eigenvalue weighted by Gasteiger charge is 2.09. The van der Waals surface area contributed by atoms with Gasteiger partial charge in [0.15, 0.2) is 5.78 Å². The molecule has 2 aromatic heterocycles. The van der Waals surface area contributed by atoms with Crippen molar-refractivity contribution in [1.82, 2.24) is 14.5 Å². The average molecular weight is 588 g/mol. The van der Waals surface area contributed by atoms with E-state index in [4.69, 9.17) is 5.26 Å². The van der Waals surface area contributed by atoms with Crippen LogP contribution in [0.4, 0.5) is 5.69 Å². The van der Waals surface area contributed by atoms with Crippen LogP contribution in [0.5, 0.6) is 0 Å². The van der Waals surface area contributed by atoms with Crippen LogP contribution in [0.2, 0.25) is 0 Å². The van der Waals surface area contributed by atoms with E-state index in [0.717, 1.165) is 62.8 Å². The summed E-state index contributed by atoms with van der Waals surface area (Å²) in [5, 5.41) is 9.38. The third-order valence-corrected chi connectivity index (χ3v) is 7.10. The molecule has 0 spiro atoms. The first-order valence-corrected chi connectivity index (χ1v) is 15.3. The van der Waals surface area contributed by atoms with Gasteiger partial charge in [-0.25, -0.2) is 9.97 Å². The Hall–Kier alpha value is -4.12. The summed E-state index contributed by atoms with van der Waals surface area (Å²) in [6, 6.07) is 13.8. The van der Waals surface area contributed by atoms with E-state index in [-0.39, 0.29) is 23.5 Å². The summed E-state index contributed by atoms with van der Waals surface area (Å²) in [5.41, 5.74) is 3.24. The summed E-state index contributed by atoms with van der Waals surface area (Å²) in [4.78, 5) is 44.0. The van der Waals surface area contributed by atoms with Gasteiger partial charge in [-0.3, -0.25) is 19.0 Å². The molecule has 0 atom stereocenters. The second kappa shape index (κ2) is 20.7. The molecule has 0 amide bonds. The van der Waals surface area contributed by atoms with Crippen molar-refractivity contribution in [3.05, 3.63) is 77.0 Å². The highest BCUT2D eigenvalue weighted by molar-refractivity contribution is 5.86. The summed E-state index contributed by atoms with van der Waals surface area (Å²) in [6.45, 7) is 17.8. The topological polar surface area (TPSA) is 109 Å². The number of carbonyl (C=O) groups is 2. The van der Waals surface area contributed by atoms with E-state index in [1.165, 1.54) is 24.3 Å². The van der Waals surface area contributed by atoms with E-state index in [2.05, 4.69) is 73.4 Å². The van der Waals surface area contributed by atoms with Gasteiger partial charge in [0, 0.05) is 49.4 Å². The third kappa shape index (κ3) is 14.1. The number of nitrogens with zero attached hydrogens (tertiary/aromatic N) is 5. The molecule has 3 aromatic rings. The molecule has 1 aromatic carbocycles. The zero-order chi connectivity index (χ0) is 32.2. The van der Waals surface area contributed by atoms with Crippen molar-refractivity contribution in [1.29, 1.82) is 5.26 Å². The zero-order valence-electron chi connectivity index (χ0n) is 26.9. The summed E-state index contributed by atoms with van der Waals surface area (Å²) in [5.74, 6) is 1.44. The molecule has 0 fully saturated rings. The monoisotopic (exact) mass is 587 g/mol. The van der Waals surface area contributed by atoms with Crippen molar-refractivity contribution in [2.75, 3.05) is 18.0 Å². The maximum absolute atomic E-state index is 12.0. The van der Waals surface area contributed by atoms with E-state index in [9.17, 15) is 14.4 Å². The van der Waals surface area contributed by atoms with Gasteiger partial charge in [0.25, 0.3) is 5.56 Å². The van der Waals surface area contributed by atoms with Crippen LogP contribution >= 0.6 is 0 Å². The second-order valence-electron chi connectivity index (χ2n) is 10.6. The fraction of sp³-hybridized carbons (Fsp3) is 0.486. The lowest BCUT2D eigenvalue weighted by Crippen LogP contribution is -2.25. The van der Waals surface area contributed by atoms with Gasteiger partial charge in [0.1, 0.15) is 17.3 Å². The van der Waals surface area contributed by atoms with Crippen LogP contribution in [0.3, 0.4) is 0 Å². The zero-order valence-corrected chi connectivity index (χ0v) is 26.9. The van der Waals surface area contributed by atoms with Gasteiger partial charge < -0.3 is 4.90 Å². The normalized spacial score (nSPS) is 10.2. The van der Waals surface area contributed by atoms with Crippen LogP contribution in [0, 0.1) is 31.1 Å². The van der Waals surface area contributed by atoms with Gasteiger partial charge in [-0.1, -0.05) is 57.9 Å². The maximum Gasteiger partial charge on any atom is 0.252 e. The van der Waals surface area contributed by atoms with Gasteiger partial charge in [0.05, 0.1) is 12.5 Å². The molecule has 2 heterocycles. The van der Waals surface area contributed by atoms with Crippen molar-refractivity contribution in [2.24, 2.45) is 5.92 Å². The molecule has 0 saturated carbocycles. The number of hydrogen-bond donors (Lipinski definition) is 0. The Morgan fingerprint density at radius 1 is 1.07 bits per heavy atom. The molecule has 0 unspecified atom stereocenters. The van der Waals surface area contributed by atoms with Crippen LogP contribution in [0.25, 0.3) is 11.0 Å². The number of ketones is 2. The van der Waals surface area contributed by atoms with Crippen molar-refractivity contribution in [3.63, 3.8) is 0 Å². The van der Waals surface area contributed by atoms with E-state index >= 15 is 0 Å². The predicted molar refractivity (Wildman–Crippen MR) is 176 cm³/mol. The Kier molecular flexibility index (Phi) is 17.8. The van der Waals surface area contributed by atoms with Crippen LogP contribution in [0.1, 0.15) is 84.0 Å². The summed E-state index contributed by atoms with van der Waals surface area (Å²) in [6.07, 6.45) is 8.83. The lowest BCUT2D eigenvalue weighted by atomic mass is 9.99. The maximum atomic E-state index is 12.0. The van der Waals surface area contributed by atoms with Crippen molar-refractivity contribution < 1.29 is 9.59 Å². The summed E-state index contributed by atoms with van der Waals surface area (Å²) in [7, 11) is 0. The largest absolute Gasteiger partial charge is 0.372 e. The van der Waals surface area contributed by atoms with Crippen LogP contribution in [-0.4, -0.2) is 39.2 Å². The van der Waals surface area contributed by atoms with E-state index in [1.807, 2.05) is 13.0 Å². The Morgan fingerprint density at radius 3 is 2.28 bits per heavy atom. The Bertz CT molecular complexity index is 1390. The smallest absolute Gasteiger partial charge is 0.252 e. The number of Topliss-reactive ketones (excluding diaryl/α,β-unsaturated/α-hetero) is 1. The SMILES string of the molecule is C=CC(C)=O.CCC(CC)CCn1c(=O)ccc2cnc(C)nc21.CCCN(CCCC(=O)CC#N)c1ccc(C)cc1. The first-order valence-electron chi connectivity index (χ1n) is 15.3. The number of aryl methyl sites for hydroxylation is 3. The number of benzene rings is 1. The number of aromatic nitrogens is 3. The number of nitriles is 1. The fourth-order valence-electron chi connectivity index (χ4n) is 4.42.